The number of carboxylic acids is 1. The molecule has 1 fully saturated rings. The van der Waals surface area contributed by atoms with E-state index in [0.29, 0.717) is 24.7 Å². The molecule has 2 unspecified atom stereocenters. The van der Waals surface area contributed by atoms with Crippen LogP contribution in [0.4, 0.5) is 10.5 Å². The first-order chi connectivity index (χ1) is 18.5. The molecule has 0 saturated carbocycles. The van der Waals surface area contributed by atoms with E-state index in [4.69, 9.17) is 5.11 Å². The minimum absolute atomic E-state index is 0.162. The number of nitrogens with zero attached hydrogens (tertiary/aromatic N) is 1. The summed E-state index contributed by atoms with van der Waals surface area (Å²) >= 11 is 0. The number of carbonyl (C=O) groups is 2. The first-order valence-electron chi connectivity index (χ1n) is 13.1. The summed E-state index contributed by atoms with van der Waals surface area (Å²) in [5.41, 5.74) is 3.31. The second-order valence-corrected chi connectivity index (χ2v) is 10.0. The fraction of sp³-hybridized carbons (Fsp3) is 0.250. The molecule has 1 saturated heterocycles. The second kappa shape index (κ2) is 11.5. The lowest BCUT2D eigenvalue weighted by Gasteiger charge is -2.39. The first kappa shape index (κ1) is 25.5. The van der Waals surface area contributed by atoms with E-state index in [0.717, 1.165) is 13.0 Å². The third-order valence-corrected chi connectivity index (χ3v) is 7.63. The van der Waals surface area contributed by atoms with Crippen LogP contribution in [0.15, 0.2) is 97.1 Å². The van der Waals surface area contributed by atoms with Crippen LogP contribution in [0, 0.1) is 5.92 Å². The smallest absolute Gasteiger partial charge is 0.335 e. The fourth-order valence-electron chi connectivity index (χ4n) is 5.47. The van der Waals surface area contributed by atoms with Gasteiger partial charge in [-0.15, -0.1) is 0 Å². The molecule has 6 heteroatoms. The Morgan fingerprint density at radius 1 is 0.921 bits per heavy atom. The number of fused-ring (bicyclic) bond motifs is 1. The van der Waals surface area contributed by atoms with Crippen molar-refractivity contribution >= 4 is 28.5 Å². The Morgan fingerprint density at radius 2 is 1.63 bits per heavy atom. The number of carbonyl (C=O) groups excluding carboxylic acids is 1. The molecule has 38 heavy (non-hydrogen) atoms. The molecule has 3 atom stereocenters. The topological polar surface area (TPSA) is 81.7 Å². The van der Waals surface area contributed by atoms with E-state index < -0.39 is 5.97 Å². The van der Waals surface area contributed by atoms with Crippen LogP contribution in [-0.4, -0.2) is 41.6 Å². The van der Waals surface area contributed by atoms with Gasteiger partial charge in [-0.25, -0.2) is 9.59 Å². The van der Waals surface area contributed by atoms with Crippen molar-refractivity contribution in [1.82, 2.24) is 10.2 Å². The third-order valence-electron chi connectivity index (χ3n) is 7.63. The van der Waals surface area contributed by atoms with Crippen LogP contribution < -0.4 is 10.6 Å². The molecule has 0 aliphatic carbocycles. The van der Waals surface area contributed by atoms with E-state index in [9.17, 15) is 9.59 Å². The summed E-state index contributed by atoms with van der Waals surface area (Å²) in [5.74, 6) is -0.398. The maximum absolute atomic E-state index is 13.1. The largest absolute Gasteiger partial charge is 0.478 e. The number of likely N-dealkylation sites (tertiary alicyclic amines) is 1. The second-order valence-electron chi connectivity index (χ2n) is 10.0. The Bertz CT molecular complexity index is 1400. The van der Waals surface area contributed by atoms with Gasteiger partial charge < -0.3 is 20.6 Å². The first-order valence-corrected chi connectivity index (χ1v) is 13.1. The Kier molecular flexibility index (Phi) is 7.70. The molecule has 194 valence electrons. The summed E-state index contributed by atoms with van der Waals surface area (Å²) < 4.78 is 0. The van der Waals surface area contributed by atoms with E-state index in [1.807, 2.05) is 11.0 Å². The number of nitrogens with one attached hydrogen (secondary N) is 2. The zero-order valence-corrected chi connectivity index (χ0v) is 21.5. The van der Waals surface area contributed by atoms with Gasteiger partial charge in [-0.2, -0.15) is 0 Å². The van der Waals surface area contributed by atoms with Gasteiger partial charge >= 0.3 is 12.0 Å². The van der Waals surface area contributed by atoms with Crippen molar-refractivity contribution in [3.63, 3.8) is 0 Å². The molecule has 1 heterocycles. The maximum atomic E-state index is 13.1. The molecule has 0 bridgehead atoms. The molecule has 1 aliphatic heterocycles. The summed E-state index contributed by atoms with van der Waals surface area (Å²) in [4.78, 5) is 26.1. The van der Waals surface area contributed by atoms with Crippen LogP contribution in [0.3, 0.4) is 0 Å². The van der Waals surface area contributed by atoms with E-state index in [-0.39, 0.29) is 23.6 Å². The van der Waals surface area contributed by atoms with Crippen LogP contribution in [0.5, 0.6) is 0 Å². The number of anilines is 1. The Morgan fingerprint density at radius 3 is 2.39 bits per heavy atom. The van der Waals surface area contributed by atoms with Gasteiger partial charge in [0.05, 0.1) is 5.56 Å². The highest BCUT2D eigenvalue weighted by Crippen LogP contribution is 2.33. The molecule has 4 aromatic rings. The van der Waals surface area contributed by atoms with Gasteiger partial charge in [-0.05, 0) is 72.0 Å². The molecule has 6 nitrogen and oxygen atoms in total. The van der Waals surface area contributed by atoms with Crippen LogP contribution >= 0.6 is 0 Å². The molecule has 0 radical (unpaired) electrons. The summed E-state index contributed by atoms with van der Waals surface area (Å²) in [6, 6.07) is 31.7. The Balaban J connectivity index is 1.27. The molecule has 0 spiro atoms. The molecule has 3 N–H and O–H groups in total. The number of amides is 2. The van der Waals surface area contributed by atoms with Crippen molar-refractivity contribution in [2.45, 2.75) is 25.3 Å². The van der Waals surface area contributed by atoms with Crippen molar-refractivity contribution in [3.05, 3.63) is 114 Å². The average Bonchev–Trinajstić information content (AvgIpc) is 2.96. The molecule has 5 rings (SSSR count). The predicted molar refractivity (Wildman–Crippen MR) is 152 cm³/mol. The van der Waals surface area contributed by atoms with Gasteiger partial charge in [0.2, 0.25) is 0 Å². The lowest BCUT2D eigenvalue weighted by Crippen LogP contribution is -2.47. The molecule has 1 aliphatic rings. The van der Waals surface area contributed by atoms with Gasteiger partial charge in [-0.1, -0.05) is 72.8 Å². The van der Waals surface area contributed by atoms with Crippen LogP contribution in [-0.2, 0) is 0 Å². The van der Waals surface area contributed by atoms with E-state index in [2.05, 4.69) is 84.3 Å². The minimum Gasteiger partial charge on any atom is -0.478 e. The lowest BCUT2D eigenvalue weighted by molar-refractivity contribution is 0.0697. The van der Waals surface area contributed by atoms with Crippen molar-refractivity contribution < 1.29 is 14.7 Å². The number of aromatic carboxylic acids is 1. The number of carboxylic acid groups (broad SMARTS) is 1. The van der Waals surface area contributed by atoms with Crippen LogP contribution in [0.25, 0.3) is 10.8 Å². The highest BCUT2D eigenvalue weighted by atomic mass is 16.4. The number of hydrogen-bond donors (Lipinski definition) is 3. The van der Waals surface area contributed by atoms with Gasteiger partial charge in [0, 0.05) is 30.7 Å². The van der Waals surface area contributed by atoms with Gasteiger partial charge in [0.15, 0.2) is 0 Å². The lowest BCUT2D eigenvalue weighted by atomic mass is 9.80. The standard InChI is InChI=1S/C32H33N3O3/c1-22(28-13-7-11-23-10-5-6-12-29(23)28)33-20-26-18-19-35(21-30(26)24-8-3-2-4-9-24)32(38)34-27-16-14-25(15-17-27)31(36)37/h2-17,22,26,30,33H,18-21H2,1H3,(H,34,38)(H,36,37)/t22-,26?,30?/m1/s1. The van der Waals surface area contributed by atoms with Crippen molar-refractivity contribution in [2.75, 3.05) is 25.0 Å². The summed E-state index contributed by atoms with van der Waals surface area (Å²) in [5, 5.41) is 18.4. The minimum atomic E-state index is -0.987. The van der Waals surface area contributed by atoms with Gasteiger partial charge in [-0.3, -0.25) is 0 Å². The highest BCUT2D eigenvalue weighted by Gasteiger charge is 2.32. The Hall–Kier alpha value is -4.16. The molecular formula is C32H33N3O3. The van der Waals surface area contributed by atoms with E-state index in [1.54, 1.807) is 12.1 Å². The zero-order valence-electron chi connectivity index (χ0n) is 21.5. The van der Waals surface area contributed by atoms with Crippen LogP contribution in [0.2, 0.25) is 0 Å². The number of benzene rings is 4. The van der Waals surface area contributed by atoms with Crippen LogP contribution in [0.1, 0.15) is 46.8 Å². The number of rotatable bonds is 7. The summed E-state index contributed by atoms with van der Waals surface area (Å²) in [6.45, 7) is 4.36. The maximum Gasteiger partial charge on any atom is 0.335 e. The molecular weight excluding hydrogens is 474 g/mol. The zero-order chi connectivity index (χ0) is 26.5. The average molecular weight is 508 g/mol. The van der Waals surface area contributed by atoms with E-state index >= 15 is 0 Å². The highest BCUT2D eigenvalue weighted by molar-refractivity contribution is 5.91. The summed E-state index contributed by atoms with van der Waals surface area (Å²) in [6.07, 6.45) is 0.889. The van der Waals surface area contributed by atoms with Gasteiger partial charge in [0.25, 0.3) is 0 Å². The SMILES string of the molecule is C[C@@H](NCC1CCN(C(=O)Nc2ccc(C(=O)O)cc2)CC1c1ccccc1)c1cccc2ccccc12. The fourth-order valence-corrected chi connectivity index (χ4v) is 5.47. The van der Waals surface area contributed by atoms with Gasteiger partial charge in [0.1, 0.15) is 0 Å². The molecule has 2 amide bonds. The summed E-state index contributed by atoms with van der Waals surface area (Å²) in [7, 11) is 0. The third kappa shape index (κ3) is 5.71. The predicted octanol–water partition coefficient (Wildman–Crippen LogP) is 6.53. The van der Waals surface area contributed by atoms with E-state index in [1.165, 1.54) is 34.0 Å². The molecule has 0 aromatic heterocycles. The van der Waals surface area contributed by atoms with Crippen molar-refractivity contribution in [3.8, 4) is 0 Å². The monoisotopic (exact) mass is 507 g/mol. The number of urea groups is 1. The quantitative estimate of drug-likeness (QED) is 0.266. The van der Waals surface area contributed by atoms with Crippen molar-refractivity contribution in [1.29, 1.82) is 0 Å². The number of hydrogen-bond acceptors (Lipinski definition) is 3. The number of piperidine rings is 1. The molecule has 4 aromatic carbocycles. The normalized spacial score (nSPS) is 18.2. The Labute approximate surface area is 223 Å². The van der Waals surface area contributed by atoms with Crippen molar-refractivity contribution in [2.24, 2.45) is 5.92 Å².